The molecule has 0 spiro atoms. The van der Waals surface area contributed by atoms with Gasteiger partial charge >= 0.3 is 25.5 Å². The van der Waals surface area contributed by atoms with E-state index in [1.807, 2.05) is 76.5 Å². The van der Waals surface area contributed by atoms with E-state index < -0.39 is 43.4 Å². The van der Waals surface area contributed by atoms with Crippen LogP contribution < -0.4 is 20.7 Å². The van der Waals surface area contributed by atoms with Gasteiger partial charge in [-0.2, -0.15) is 0 Å². The summed E-state index contributed by atoms with van der Waals surface area (Å²) in [6.07, 6.45) is 8.15. The first-order valence-electron chi connectivity index (χ1n) is 28.8. The number of carbonyl (C=O) groups excluding carboxylic acids is 3. The van der Waals surface area contributed by atoms with Crippen LogP contribution in [0.4, 0.5) is 0 Å². The fourth-order valence-corrected chi connectivity index (χ4v) is 11.2. The highest BCUT2D eigenvalue weighted by atomic mass is 31.2. The maximum absolute atomic E-state index is 14.5. The molecule has 86 heavy (non-hydrogen) atoms. The number of unbranched alkanes of at least 4 members (excludes halogenated alkanes) is 3. The molecule has 8 N–H and O–H groups in total. The second-order valence-corrected chi connectivity index (χ2v) is 23.2. The first-order chi connectivity index (χ1) is 41.4. The highest BCUT2D eigenvalue weighted by Gasteiger charge is 2.41. The second kappa shape index (κ2) is 33.9. The van der Waals surface area contributed by atoms with Gasteiger partial charge in [-0.3, -0.25) is 73.1 Å². The number of aliphatic carboxylic acids is 3. The maximum Gasteiger partial charge on any atom is 0.346 e. The largest absolute Gasteiger partial charge is 0.487 e. The Morgan fingerprint density at radius 3 is 1.67 bits per heavy atom. The van der Waals surface area contributed by atoms with Crippen LogP contribution in [0, 0.1) is 0 Å². The lowest BCUT2D eigenvalue weighted by atomic mass is 10.1. The number of carbonyl (C=O) groups is 6. The zero-order chi connectivity index (χ0) is 61.3. The van der Waals surface area contributed by atoms with Gasteiger partial charge in [-0.1, -0.05) is 72.7 Å². The van der Waals surface area contributed by atoms with E-state index in [0.29, 0.717) is 82.2 Å². The van der Waals surface area contributed by atoms with Gasteiger partial charge in [-0.05, 0) is 60.4 Å². The van der Waals surface area contributed by atoms with Crippen molar-refractivity contribution in [3.8, 4) is 5.75 Å². The van der Waals surface area contributed by atoms with Crippen molar-refractivity contribution in [3.05, 3.63) is 138 Å². The lowest BCUT2D eigenvalue weighted by Crippen LogP contribution is -2.49. The van der Waals surface area contributed by atoms with Crippen LogP contribution >= 0.6 is 7.60 Å². The molecule has 464 valence electrons. The van der Waals surface area contributed by atoms with Crippen molar-refractivity contribution < 1.29 is 63.2 Å². The summed E-state index contributed by atoms with van der Waals surface area (Å²) in [5.74, 6) is -4.71. The molecule has 0 bridgehead atoms. The van der Waals surface area contributed by atoms with Crippen molar-refractivity contribution >= 4 is 43.2 Å². The number of rotatable bonds is 31. The molecule has 5 heterocycles. The van der Waals surface area contributed by atoms with E-state index in [9.17, 15) is 58.4 Å². The Kier molecular flexibility index (Phi) is 26.0. The molecule has 2 saturated heterocycles. The van der Waals surface area contributed by atoms with Crippen molar-refractivity contribution in [2.24, 2.45) is 0 Å². The van der Waals surface area contributed by atoms with Crippen molar-refractivity contribution in [2.75, 3.05) is 105 Å². The van der Waals surface area contributed by atoms with E-state index in [4.69, 9.17) is 4.74 Å². The number of carboxylic acid groups (broad SMARTS) is 3. The summed E-state index contributed by atoms with van der Waals surface area (Å²) in [5, 5.41) is 46.3. The number of nitrogens with one attached hydrogen (secondary N) is 3. The standard InChI is InChI=1S/C58H79N14O13P/c73-52(38-66-24-26-67(40-54(75)76)28-30-69(42-56(79)80)31-29-68(27-25-66)41-55(77)78)61-22-8-1-2-9-23-62-57(81)51-32-49(37-71(51)53(74)39-70(34-46-14-6-10-20-59-46)35-47-15-7-11-21-60-47)72-36-48(64-65-72)43-85-50-18-16-45(17-19-50)58(86(82,83)84)63-33-44-12-4-3-5-13-44/h3-7,10-21,36,49,51,58,63H,1-2,8-9,22-35,37-43H2,(H,61,73)(H,62,81)(H,75,76)(H,77,78)(H,79,80)(H2,82,83,84)/t49-,51-,58?/m0/s1. The summed E-state index contributed by atoms with van der Waals surface area (Å²) in [6, 6.07) is 25.7. The lowest BCUT2D eigenvalue weighted by molar-refractivity contribution is -0.140. The smallest absolute Gasteiger partial charge is 0.346 e. The molecule has 2 fully saturated rings. The molecular weight excluding hydrogens is 1130 g/mol. The molecule has 0 radical (unpaired) electrons. The molecule has 2 aromatic carbocycles. The number of carboxylic acids is 3. The van der Waals surface area contributed by atoms with Crippen LogP contribution in [0.15, 0.2) is 110 Å². The Bertz CT molecular complexity index is 2910. The summed E-state index contributed by atoms with van der Waals surface area (Å²) < 4.78 is 20.2. The fourth-order valence-electron chi connectivity index (χ4n) is 10.3. The predicted octanol–water partition coefficient (Wildman–Crippen LogP) is 1.73. The highest BCUT2D eigenvalue weighted by Crippen LogP contribution is 2.50. The van der Waals surface area contributed by atoms with Crippen molar-refractivity contribution in [1.82, 2.24) is 70.3 Å². The van der Waals surface area contributed by atoms with E-state index >= 15 is 0 Å². The van der Waals surface area contributed by atoms with Crippen LogP contribution in [0.25, 0.3) is 0 Å². The third-order valence-corrected chi connectivity index (χ3v) is 15.9. The maximum atomic E-state index is 14.5. The summed E-state index contributed by atoms with van der Waals surface area (Å²) in [6.45, 7) is 3.43. The van der Waals surface area contributed by atoms with E-state index in [1.54, 1.807) is 67.1 Å². The monoisotopic (exact) mass is 1210 g/mol. The molecule has 2 aliphatic rings. The molecule has 3 atom stereocenters. The highest BCUT2D eigenvalue weighted by molar-refractivity contribution is 7.52. The first kappa shape index (κ1) is 65.9. The van der Waals surface area contributed by atoms with Gasteiger partial charge in [0.05, 0.1) is 56.4 Å². The minimum Gasteiger partial charge on any atom is -0.487 e. The van der Waals surface area contributed by atoms with Gasteiger partial charge in [0.25, 0.3) is 0 Å². The van der Waals surface area contributed by atoms with Crippen LogP contribution in [0.5, 0.6) is 5.75 Å². The zero-order valence-electron chi connectivity index (χ0n) is 48.2. The Morgan fingerprint density at radius 1 is 0.640 bits per heavy atom. The molecule has 3 aromatic heterocycles. The molecule has 0 aliphatic carbocycles. The first-order valence-corrected chi connectivity index (χ1v) is 30.5. The number of aromatic nitrogens is 5. The number of hydrogen-bond donors (Lipinski definition) is 8. The molecule has 7 rings (SSSR count). The Balaban J connectivity index is 0.916. The van der Waals surface area contributed by atoms with E-state index in [2.05, 4.69) is 36.2 Å². The molecule has 1 unspecified atom stereocenters. The Morgan fingerprint density at radius 2 is 1.16 bits per heavy atom. The summed E-state index contributed by atoms with van der Waals surface area (Å²) in [7, 11) is -4.58. The van der Waals surface area contributed by atoms with Crippen molar-refractivity contribution in [2.45, 2.75) is 76.2 Å². The zero-order valence-corrected chi connectivity index (χ0v) is 49.1. The summed E-state index contributed by atoms with van der Waals surface area (Å²) in [4.78, 5) is 117. The van der Waals surface area contributed by atoms with E-state index in [1.165, 1.54) is 0 Å². The number of hydrogen-bond acceptors (Lipinski definition) is 18. The molecular formula is C58H79N14O13P. The number of pyridine rings is 2. The number of likely N-dealkylation sites (tertiary alicyclic amines) is 1. The minimum absolute atomic E-state index is 0.0112. The fraction of sp³-hybridized carbons (Fsp3) is 0.483. The predicted molar refractivity (Wildman–Crippen MR) is 314 cm³/mol. The van der Waals surface area contributed by atoms with Gasteiger partial charge in [0, 0.05) is 110 Å². The average molecular weight is 1210 g/mol. The molecule has 2 aliphatic heterocycles. The summed E-state index contributed by atoms with van der Waals surface area (Å²) >= 11 is 0. The third kappa shape index (κ3) is 22.7. The van der Waals surface area contributed by atoms with Gasteiger partial charge in [0.1, 0.15) is 29.9 Å². The molecule has 5 aromatic rings. The Labute approximate surface area is 499 Å². The summed E-state index contributed by atoms with van der Waals surface area (Å²) in [5.41, 5.74) is 3.26. The normalized spacial score (nSPS) is 17.3. The molecule has 3 amide bonds. The number of nitrogens with zero attached hydrogens (tertiary/aromatic N) is 11. The SMILES string of the molecule is O=C(O)CN1CCN(CC(=O)O)CCN(CC(=O)NCCCCCCNC(=O)[C@@H]2C[C@H](n3cc(COc4ccc(C(NCc5ccccc5)P(=O)(O)O)cc4)nn3)CN2C(=O)CN(Cc2ccccn2)Cc2ccccn2)CCN(CC(=O)O)CC1. The number of amides is 3. The molecule has 27 nitrogen and oxygen atoms in total. The lowest BCUT2D eigenvalue weighted by Gasteiger charge is -2.32. The quantitative estimate of drug-likeness (QED) is 0.0231. The minimum atomic E-state index is -4.58. The molecule has 0 saturated carbocycles. The molecule has 28 heteroatoms. The van der Waals surface area contributed by atoms with Gasteiger partial charge in [-0.15, -0.1) is 5.10 Å². The van der Waals surface area contributed by atoms with E-state index in [0.717, 1.165) is 29.8 Å². The van der Waals surface area contributed by atoms with Gasteiger partial charge in [0.2, 0.25) is 17.7 Å². The van der Waals surface area contributed by atoms with Crippen LogP contribution in [-0.4, -0.2) is 226 Å². The van der Waals surface area contributed by atoms with Crippen LogP contribution in [0.1, 0.15) is 72.1 Å². The topological polar surface area (TPSA) is 342 Å². The number of ether oxygens (including phenoxy) is 1. The third-order valence-electron chi connectivity index (χ3n) is 14.8. The van der Waals surface area contributed by atoms with E-state index in [-0.39, 0.29) is 103 Å². The van der Waals surface area contributed by atoms with Gasteiger partial charge in [0.15, 0.2) is 0 Å². The van der Waals surface area contributed by atoms with Crippen LogP contribution in [0.2, 0.25) is 0 Å². The second-order valence-electron chi connectivity index (χ2n) is 21.5. The van der Waals surface area contributed by atoms with Crippen LogP contribution in [-0.2, 0) is 59.6 Å². The number of benzene rings is 2. The average Bonchev–Trinajstić information content (AvgIpc) is 2.52. The van der Waals surface area contributed by atoms with Gasteiger partial charge < -0.3 is 45.4 Å². The van der Waals surface area contributed by atoms with Crippen molar-refractivity contribution in [3.63, 3.8) is 0 Å². The van der Waals surface area contributed by atoms with Crippen molar-refractivity contribution in [1.29, 1.82) is 0 Å². The Hall–Kier alpha value is -7.59. The van der Waals surface area contributed by atoms with Gasteiger partial charge in [-0.25, -0.2) is 4.68 Å². The van der Waals surface area contributed by atoms with Crippen LogP contribution in [0.3, 0.4) is 0 Å².